The highest BCUT2D eigenvalue weighted by atomic mass is 16.6. The Morgan fingerprint density at radius 1 is 0.276 bits per heavy atom. The summed E-state index contributed by atoms with van der Waals surface area (Å²) in [5.41, 5.74) is 0. The molecule has 76 heavy (non-hydrogen) atoms. The first kappa shape index (κ1) is 71.5. The molecule has 0 aliphatic carbocycles. The van der Waals surface area contributed by atoms with Crippen molar-refractivity contribution in [2.75, 3.05) is 13.2 Å². The van der Waals surface area contributed by atoms with Crippen LogP contribution in [0.25, 0.3) is 0 Å². The molecule has 0 aromatic heterocycles. The second-order valence-electron chi connectivity index (χ2n) is 20.2. The maximum absolute atomic E-state index is 12.9. The highest BCUT2D eigenvalue weighted by Gasteiger charge is 2.19. The van der Waals surface area contributed by atoms with Gasteiger partial charge in [0.05, 0.1) is 0 Å². The third kappa shape index (κ3) is 60.4. The van der Waals surface area contributed by atoms with E-state index in [2.05, 4.69) is 154 Å². The lowest BCUT2D eigenvalue weighted by Gasteiger charge is -2.18. The summed E-state index contributed by atoms with van der Waals surface area (Å²) < 4.78 is 16.8. The van der Waals surface area contributed by atoms with Gasteiger partial charge in [0.2, 0.25) is 0 Å². The Hall–Kier alpha value is -4.45. The Morgan fingerprint density at radius 3 is 0.868 bits per heavy atom. The number of rotatable bonds is 55. The van der Waals surface area contributed by atoms with E-state index in [9.17, 15) is 14.4 Å². The summed E-state index contributed by atoms with van der Waals surface area (Å²) in [6.45, 7) is 6.44. The molecule has 0 bridgehead atoms. The number of ether oxygens (including phenoxy) is 3. The molecule has 0 radical (unpaired) electrons. The van der Waals surface area contributed by atoms with Crippen LogP contribution in [0, 0.1) is 0 Å². The van der Waals surface area contributed by atoms with Crippen molar-refractivity contribution in [2.45, 2.75) is 277 Å². The molecule has 0 spiro atoms. The molecule has 1 unspecified atom stereocenters. The third-order valence-corrected chi connectivity index (χ3v) is 12.9. The zero-order chi connectivity index (χ0) is 55.0. The number of hydrogen-bond acceptors (Lipinski definition) is 6. The van der Waals surface area contributed by atoms with Crippen LogP contribution in [0.5, 0.6) is 0 Å². The fourth-order valence-corrected chi connectivity index (χ4v) is 8.19. The summed E-state index contributed by atoms with van der Waals surface area (Å²) >= 11 is 0. The van der Waals surface area contributed by atoms with Gasteiger partial charge in [-0.3, -0.25) is 14.4 Å². The molecular weight excluding hydrogens is 937 g/mol. The number of esters is 3. The van der Waals surface area contributed by atoms with Crippen molar-refractivity contribution in [2.24, 2.45) is 0 Å². The summed E-state index contributed by atoms with van der Waals surface area (Å²) in [6.07, 6.45) is 88.8. The third-order valence-electron chi connectivity index (χ3n) is 12.9. The molecule has 0 aromatic rings. The van der Waals surface area contributed by atoms with Crippen molar-refractivity contribution >= 4 is 17.9 Å². The second kappa shape index (κ2) is 63.1. The molecule has 0 saturated heterocycles. The van der Waals surface area contributed by atoms with E-state index in [1.807, 2.05) is 0 Å². The maximum Gasteiger partial charge on any atom is 0.306 e. The fraction of sp³-hybridized carbons (Fsp3) is 0.643. The molecule has 6 nitrogen and oxygen atoms in total. The monoisotopic (exact) mass is 1050 g/mol. The van der Waals surface area contributed by atoms with Crippen LogP contribution in [-0.2, 0) is 28.6 Å². The molecule has 0 aliphatic rings. The van der Waals surface area contributed by atoms with Crippen LogP contribution in [-0.4, -0.2) is 37.2 Å². The first-order valence-electron chi connectivity index (χ1n) is 31.2. The van der Waals surface area contributed by atoms with Gasteiger partial charge in [-0.25, -0.2) is 0 Å². The summed E-state index contributed by atoms with van der Waals surface area (Å²) in [4.78, 5) is 38.2. The molecular formula is C70H114O6. The van der Waals surface area contributed by atoms with Crippen LogP contribution < -0.4 is 0 Å². The average molecular weight is 1050 g/mol. The summed E-state index contributed by atoms with van der Waals surface area (Å²) in [6, 6.07) is 0. The molecule has 0 N–H and O–H groups in total. The predicted molar refractivity (Wildman–Crippen MR) is 329 cm³/mol. The van der Waals surface area contributed by atoms with Gasteiger partial charge in [-0.2, -0.15) is 0 Å². The van der Waals surface area contributed by atoms with E-state index < -0.39 is 6.10 Å². The molecule has 1 atom stereocenters. The Bertz CT molecular complexity index is 1630. The zero-order valence-corrected chi connectivity index (χ0v) is 49.2. The van der Waals surface area contributed by atoms with E-state index in [4.69, 9.17) is 14.2 Å². The van der Waals surface area contributed by atoms with Gasteiger partial charge in [0.25, 0.3) is 0 Å². The molecule has 0 aromatic carbocycles. The number of carbonyl (C=O) groups excluding carboxylic acids is 3. The smallest absolute Gasteiger partial charge is 0.306 e. The van der Waals surface area contributed by atoms with Gasteiger partial charge in [0, 0.05) is 19.3 Å². The van der Waals surface area contributed by atoms with E-state index in [0.717, 1.165) is 141 Å². The van der Waals surface area contributed by atoms with Crippen LogP contribution in [0.2, 0.25) is 0 Å². The quantitative estimate of drug-likeness (QED) is 0.0261. The molecule has 6 heteroatoms. The molecule has 0 fully saturated rings. The first-order chi connectivity index (χ1) is 37.5. The Kier molecular flexibility index (Phi) is 59.4. The summed E-state index contributed by atoms with van der Waals surface area (Å²) in [7, 11) is 0. The standard InChI is InChI=1S/C70H114O6/c1-4-7-10-13-16-19-22-25-28-30-31-32-33-34-35-36-37-38-39-40-43-45-48-51-54-57-60-63-69(72)75-66-67(65-74-68(71)62-59-56-53-50-47-44-41-27-24-21-18-15-12-9-6-3)76-70(73)64-61-58-55-52-49-46-42-29-26-23-20-17-14-11-8-5-2/h7,10,16,18-19,21,25,27-29,31-32,34-35,37-38,40-43,48,51,67H,4-6,8-9,11-15,17,20,22-24,26,30,33,36,39,44-47,49-50,52-66H2,1-3H3/b10-7-,19-16-,21-18-,28-25-,32-31-,35-34-,38-37-,41-27-,42-29-,43-40-,51-48-. The van der Waals surface area contributed by atoms with E-state index in [1.54, 1.807) is 0 Å². The Labute approximate surface area is 468 Å². The molecule has 0 rings (SSSR count). The lowest BCUT2D eigenvalue weighted by molar-refractivity contribution is -0.167. The lowest BCUT2D eigenvalue weighted by atomic mass is 10.1. The number of carbonyl (C=O) groups is 3. The van der Waals surface area contributed by atoms with Gasteiger partial charge < -0.3 is 14.2 Å². The Balaban J connectivity index is 4.48. The molecule has 430 valence electrons. The van der Waals surface area contributed by atoms with E-state index in [1.165, 1.54) is 83.5 Å². The molecule has 0 saturated carbocycles. The molecule has 0 aliphatic heterocycles. The normalized spacial score (nSPS) is 13.0. The number of allylic oxidation sites excluding steroid dienone is 22. The minimum absolute atomic E-state index is 0.106. The predicted octanol–water partition coefficient (Wildman–Crippen LogP) is 21.4. The van der Waals surface area contributed by atoms with Gasteiger partial charge >= 0.3 is 17.9 Å². The van der Waals surface area contributed by atoms with Gasteiger partial charge in [0.1, 0.15) is 13.2 Å². The summed E-state index contributed by atoms with van der Waals surface area (Å²) in [5, 5.41) is 0. The Morgan fingerprint density at radius 2 is 0.513 bits per heavy atom. The maximum atomic E-state index is 12.9. The van der Waals surface area contributed by atoms with Crippen LogP contribution in [0.15, 0.2) is 134 Å². The zero-order valence-electron chi connectivity index (χ0n) is 49.2. The SMILES string of the molecule is CC/C=C\C/C=C\C/C=C\C/C=C\C/C=C\C/C=C\C/C=C\C/C=C\CCCCC(=O)OCC(COC(=O)CCCCCCC/C=C\C/C=C\CCCCC)OC(=O)CCCCCCC/C=C\CCCCCCCCC. The van der Waals surface area contributed by atoms with Crippen molar-refractivity contribution in [1.82, 2.24) is 0 Å². The van der Waals surface area contributed by atoms with Gasteiger partial charge in [0.15, 0.2) is 6.10 Å². The van der Waals surface area contributed by atoms with Crippen molar-refractivity contribution < 1.29 is 28.6 Å². The van der Waals surface area contributed by atoms with Crippen molar-refractivity contribution in [3.63, 3.8) is 0 Å². The van der Waals surface area contributed by atoms with E-state index in [-0.39, 0.29) is 31.1 Å². The van der Waals surface area contributed by atoms with Crippen molar-refractivity contribution in [3.05, 3.63) is 134 Å². The van der Waals surface area contributed by atoms with Crippen LogP contribution in [0.1, 0.15) is 271 Å². The average Bonchev–Trinajstić information content (AvgIpc) is 3.42. The highest BCUT2D eigenvalue weighted by molar-refractivity contribution is 5.71. The van der Waals surface area contributed by atoms with Crippen molar-refractivity contribution in [1.29, 1.82) is 0 Å². The molecule has 0 amide bonds. The minimum atomic E-state index is -0.812. The van der Waals surface area contributed by atoms with Crippen LogP contribution in [0.4, 0.5) is 0 Å². The second-order valence-corrected chi connectivity index (χ2v) is 20.2. The highest BCUT2D eigenvalue weighted by Crippen LogP contribution is 2.14. The minimum Gasteiger partial charge on any atom is -0.462 e. The number of hydrogen-bond donors (Lipinski definition) is 0. The topological polar surface area (TPSA) is 78.9 Å². The van der Waals surface area contributed by atoms with E-state index in [0.29, 0.717) is 25.7 Å². The molecule has 0 heterocycles. The largest absolute Gasteiger partial charge is 0.462 e. The van der Waals surface area contributed by atoms with Crippen molar-refractivity contribution in [3.8, 4) is 0 Å². The van der Waals surface area contributed by atoms with E-state index >= 15 is 0 Å². The fourth-order valence-electron chi connectivity index (χ4n) is 8.19. The van der Waals surface area contributed by atoms with Crippen LogP contribution in [0.3, 0.4) is 0 Å². The number of unbranched alkanes of at least 4 members (excludes halogenated alkanes) is 22. The van der Waals surface area contributed by atoms with Gasteiger partial charge in [-0.1, -0.05) is 244 Å². The van der Waals surface area contributed by atoms with Gasteiger partial charge in [-0.15, -0.1) is 0 Å². The lowest BCUT2D eigenvalue weighted by Crippen LogP contribution is -2.30. The first-order valence-corrected chi connectivity index (χ1v) is 31.2. The van der Waals surface area contributed by atoms with Crippen LogP contribution >= 0.6 is 0 Å². The van der Waals surface area contributed by atoms with Gasteiger partial charge in [-0.05, 0) is 141 Å². The summed E-state index contributed by atoms with van der Waals surface area (Å²) in [5.74, 6) is -0.972.